The minimum absolute atomic E-state index is 0.0472. The van der Waals surface area contributed by atoms with Crippen LogP contribution in [0.4, 0.5) is 11.4 Å². The molecule has 0 spiro atoms. The van der Waals surface area contributed by atoms with E-state index in [2.05, 4.69) is 0 Å². The highest BCUT2D eigenvalue weighted by Gasteiger charge is 2.34. The molecule has 1 heterocycles. The van der Waals surface area contributed by atoms with Gasteiger partial charge in [-0.3, -0.25) is 24.9 Å². The maximum atomic E-state index is 12.6. The minimum atomic E-state index is -0.461. The summed E-state index contributed by atoms with van der Waals surface area (Å²) in [4.78, 5) is 26.9. The molecule has 2 aromatic carbocycles. The van der Waals surface area contributed by atoms with Crippen molar-refractivity contribution in [3.8, 4) is 0 Å². The molecule has 0 saturated carbocycles. The first kappa shape index (κ1) is 23.5. The molecule has 31 heavy (non-hydrogen) atoms. The van der Waals surface area contributed by atoms with E-state index < -0.39 is 11.8 Å². The molecule has 0 aromatic heterocycles. The molecule has 2 aromatic rings. The number of hydroxylamine groups is 2. The van der Waals surface area contributed by atoms with E-state index >= 15 is 0 Å². The van der Waals surface area contributed by atoms with Gasteiger partial charge in [0.25, 0.3) is 5.91 Å². The number of halogens is 2. The maximum absolute atomic E-state index is 12.6. The van der Waals surface area contributed by atoms with Gasteiger partial charge in [-0.1, -0.05) is 35.3 Å². The summed E-state index contributed by atoms with van der Waals surface area (Å²) in [5, 5.41) is 22.5. The minimum Gasteiger partial charge on any atom is -0.316 e. The van der Waals surface area contributed by atoms with Crippen LogP contribution in [-0.4, -0.2) is 77.9 Å². The largest absolute Gasteiger partial charge is 0.316 e. The second-order valence-corrected chi connectivity index (χ2v) is 8.74. The van der Waals surface area contributed by atoms with Gasteiger partial charge in [-0.15, -0.1) is 0 Å². The normalized spacial score (nSPS) is 16.0. The number of quaternary nitrogens is 1. The quantitative estimate of drug-likeness (QED) is 0.387. The van der Waals surface area contributed by atoms with Crippen LogP contribution in [0.2, 0.25) is 10.0 Å². The van der Waals surface area contributed by atoms with Crippen molar-refractivity contribution >= 4 is 46.4 Å². The highest BCUT2D eigenvalue weighted by atomic mass is 35.5. The second kappa shape index (κ2) is 9.95. The van der Waals surface area contributed by atoms with Crippen LogP contribution < -0.4 is 10.1 Å². The van der Waals surface area contributed by atoms with Crippen LogP contribution in [0.15, 0.2) is 48.5 Å². The lowest BCUT2D eigenvalue weighted by molar-refractivity contribution is -0.906. The van der Waals surface area contributed by atoms with Crippen LogP contribution in [0.25, 0.3) is 0 Å². The molecule has 10 heteroatoms. The number of nitrogens with zero attached hydrogens (tertiary/aromatic N) is 4. The number of rotatable bonds is 6. The lowest BCUT2D eigenvalue weighted by Crippen LogP contribution is -2.61. The van der Waals surface area contributed by atoms with E-state index in [1.165, 1.54) is 12.1 Å². The topological polar surface area (TPSA) is 84.3 Å². The summed E-state index contributed by atoms with van der Waals surface area (Å²) in [6.45, 7) is 2.53. The fourth-order valence-corrected chi connectivity index (χ4v) is 3.83. The molecular weight excluding hydrogens is 443 g/mol. The third-order valence-electron chi connectivity index (χ3n) is 5.37. The Morgan fingerprint density at radius 3 is 1.90 bits per heavy atom. The summed E-state index contributed by atoms with van der Waals surface area (Å²) in [7, 11) is 1.94. The van der Waals surface area contributed by atoms with Gasteiger partial charge in [-0.05, 0) is 36.4 Å². The molecule has 2 N–H and O–H groups in total. The standard InChI is InChI=1S/C21H25Cl2N4O4/c1-27(15-21(29)26(31)19-7-3-5-17(23)13-19)10-8-24(9-11-27)14-20(28)25(30)18-6-2-4-16(22)12-18/h2-7,12-13,30-31H,8-11,14-15H2,1H3/q+1. The molecular formula is C21H25Cl2N4O4+. The summed E-state index contributed by atoms with van der Waals surface area (Å²) < 4.78 is 0.429. The van der Waals surface area contributed by atoms with Crippen LogP contribution in [0.5, 0.6) is 0 Å². The Morgan fingerprint density at radius 2 is 1.42 bits per heavy atom. The zero-order chi connectivity index (χ0) is 22.6. The molecule has 0 atom stereocenters. The Morgan fingerprint density at radius 1 is 0.935 bits per heavy atom. The molecule has 2 amide bonds. The maximum Gasteiger partial charge on any atom is 0.305 e. The molecule has 1 aliphatic heterocycles. The average Bonchev–Trinajstić information content (AvgIpc) is 2.74. The summed E-state index contributed by atoms with van der Waals surface area (Å²) in [6.07, 6.45) is 0. The molecule has 0 radical (unpaired) electrons. The third-order valence-corrected chi connectivity index (χ3v) is 5.84. The van der Waals surface area contributed by atoms with Gasteiger partial charge < -0.3 is 4.48 Å². The molecule has 3 rings (SSSR count). The van der Waals surface area contributed by atoms with Crippen LogP contribution >= 0.6 is 23.2 Å². The predicted octanol–water partition coefficient (Wildman–Crippen LogP) is 2.90. The molecule has 0 unspecified atom stereocenters. The molecule has 166 valence electrons. The van der Waals surface area contributed by atoms with Gasteiger partial charge >= 0.3 is 5.91 Å². The fourth-order valence-electron chi connectivity index (χ4n) is 3.46. The summed E-state index contributed by atoms with van der Waals surface area (Å²) in [6, 6.07) is 12.9. The molecule has 8 nitrogen and oxygen atoms in total. The SMILES string of the molecule is C[N+]1(CC(=O)N(O)c2cccc(Cl)c2)CCN(CC(=O)N(O)c2cccc(Cl)c2)CC1. The number of benzene rings is 2. The zero-order valence-corrected chi connectivity index (χ0v) is 18.6. The zero-order valence-electron chi connectivity index (χ0n) is 17.1. The number of carbonyl (C=O) groups is 2. The summed E-state index contributed by atoms with van der Waals surface area (Å²) in [5.41, 5.74) is 0.627. The van der Waals surface area contributed by atoms with Crippen molar-refractivity contribution in [2.75, 3.05) is 56.4 Å². The van der Waals surface area contributed by atoms with Crippen LogP contribution in [-0.2, 0) is 9.59 Å². The Kier molecular flexibility index (Phi) is 7.53. The predicted molar refractivity (Wildman–Crippen MR) is 119 cm³/mol. The number of hydrogen-bond donors (Lipinski definition) is 2. The van der Waals surface area contributed by atoms with Gasteiger partial charge in [0.1, 0.15) is 0 Å². The van der Waals surface area contributed by atoms with Gasteiger partial charge in [0.05, 0.1) is 38.1 Å². The van der Waals surface area contributed by atoms with Gasteiger partial charge in [-0.25, -0.2) is 0 Å². The van der Waals surface area contributed by atoms with Crippen LogP contribution in [0.3, 0.4) is 0 Å². The molecule has 1 fully saturated rings. The molecule has 1 saturated heterocycles. The first-order chi connectivity index (χ1) is 14.7. The molecule has 1 aliphatic rings. The van der Waals surface area contributed by atoms with Crippen molar-refractivity contribution in [1.82, 2.24) is 4.90 Å². The Labute approximate surface area is 190 Å². The number of likely N-dealkylation sites (N-methyl/N-ethyl adjacent to an activating group) is 1. The Bertz CT molecular complexity index is 950. The lowest BCUT2D eigenvalue weighted by atomic mass is 10.2. The number of piperazine rings is 1. The van der Waals surface area contributed by atoms with Crippen molar-refractivity contribution < 1.29 is 24.5 Å². The first-order valence-electron chi connectivity index (χ1n) is 9.78. The third kappa shape index (κ3) is 6.16. The van der Waals surface area contributed by atoms with E-state index in [1.807, 2.05) is 11.9 Å². The summed E-state index contributed by atoms with van der Waals surface area (Å²) in [5.74, 6) is -0.895. The number of anilines is 2. The van der Waals surface area contributed by atoms with E-state index in [4.69, 9.17) is 23.2 Å². The van der Waals surface area contributed by atoms with Gasteiger partial charge in [0, 0.05) is 23.1 Å². The first-order valence-corrected chi connectivity index (χ1v) is 10.5. The number of amides is 2. The van der Waals surface area contributed by atoms with Crippen LogP contribution in [0, 0.1) is 0 Å². The average molecular weight is 468 g/mol. The van der Waals surface area contributed by atoms with E-state index in [9.17, 15) is 20.0 Å². The molecule has 0 bridgehead atoms. The van der Waals surface area contributed by atoms with Crippen LogP contribution in [0.1, 0.15) is 0 Å². The Hall–Kier alpha value is -2.20. The van der Waals surface area contributed by atoms with E-state index in [-0.39, 0.29) is 13.1 Å². The lowest BCUT2D eigenvalue weighted by Gasteiger charge is -2.41. The van der Waals surface area contributed by atoms with Gasteiger partial charge in [0.15, 0.2) is 6.54 Å². The smallest absolute Gasteiger partial charge is 0.305 e. The summed E-state index contributed by atoms with van der Waals surface area (Å²) >= 11 is 11.8. The second-order valence-electron chi connectivity index (χ2n) is 7.87. The van der Waals surface area contributed by atoms with Crippen molar-refractivity contribution in [3.05, 3.63) is 58.6 Å². The van der Waals surface area contributed by atoms with Crippen molar-refractivity contribution in [2.45, 2.75) is 0 Å². The van der Waals surface area contributed by atoms with Crippen molar-refractivity contribution in [2.24, 2.45) is 0 Å². The molecule has 0 aliphatic carbocycles. The number of hydrogen-bond acceptors (Lipinski definition) is 5. The van der Waals surface area contributed by atoms with Crippen molar-refractivity contribution in [1.29, 1.82) is 0 Å². The van der Waals surface area contributed by atoms with E-state index in [0.29, 0.717) is 62.2 Å². The fraction of sp³-hybridized carbons (Fsp3) is 0.333. The number of carbonyl (C=O) groups excluding carboxylic acids is 2. The van der Waals surface area contributed by atoms with E-state index in [1.54, 1.807) is 36.4 Å². The van der Waals surface area contributed by atoms with E-state index in [0.717, 1.165) is 0 Å². The monoisotopic (exact) mass is 467 g/mol. The van der Waals surface area contributed by atoms with Crippen molar-refractivity contribution in [3.63, 3.8) is 0 Å². The van der Waals surface area contributed by atoms with Gasteiger partial charge in [0.2, 0.25) is 0 Å². The highest BCUT2D eigenvalue weighted by molar-refractivity contribution is 6.31. The van der Waals surface area contributed by atoms with Gasteiger partial charge in [-0.2, -0.15) is 10.1 Å². The highest BCUT2D eigenvalue weighted by Crippen LogP contribution is 2.21. The Balaban J connectivity index is 1.52.